The third kappa shape index (κ3) is 7.11. The zero-order valence-corrected chi connectivity index (χ0v) is 32.0. The number of fused-ring (bicyclic) bond motifs is 5. The molecule has 8 rings (SSSR count). The molecule has 1 N–H and O–H groups in total. The van der Waals surface area contributed by atoms with E-state index < -0.39 is 15.8 Å². The number of aromatic nitrogens is 2. The number of amides is 1. The van der Waals surface area contributed by atoms with E-state index in [2.05, 4.69) is 48.2 Å². The molecule has 2 aliphatic carbocycles. The Balaban J connectivity index is 1.22. The standard InChI is InChI=1S/C41H46ClN5O5S/c1-26-6-4-8-37(51-3)32-13-9-29(32)21-47-23-41(17-5-7-27-18-30(42)11-15-34(27)41)24-52-38-16-10-28(19-36(38)47)40(48)46-53(49,22-26)45-39-33-14-12-31(50-2)20-35(33)43-25-44-39/h4,8,10-12,14-16,18-20,25-26,29,32,37H,5-7,9,13,17,21-24H2,1-3H3,(H,43,44,45,46,48,49)/b8-4+/t26-,29-,32+,37-,41-,53?/m0/s1. The van der Waals surface area contributed by atoms with Crippen molar-refractivity contribution in [2.24, 2.45) is 22.1 Å². The van der Waals surface area contributed by atoms with Gasteiger partial charge in [0.15, 0.2) is 0 Å². The molecule has 6 atom stereocenters. The van der Waals surface area contributed by atoms with Gasteiger partial charge in [-0.2, -0.15) is 0 Å². The predicted octanol–water partition coefficient (Wildman–Crippen LogP) is 8.04. The maximum Gasteiger partial charge on any atom is 0.286 e. The molecular weight excluding hydrogens is 710 g/mol. The largest absolute Gasteiger partial charge is 0.497 e. The fourth-order valence-corrected chi connectivity index (χ4v) is 10.9. The third-order valence-electron chi connectivity index (χ3n) is 11.6. The predicted molar refractivity (Wildman–Crippen MR) is 210 cm³/mol. The van der Waals surface area contributed by atoms with E-state index in [4.69, 9.17) is 25.8 Å². The van der Waals surface area contributed by atoms with Gasteiger partial charge in [0.1, 0.15) is 33.6 Å². The fraction of sp³-hybridized carbons (Fsp3) is 0.439. The maximum absolute atomic E-state index is 14.9. The van der Waals surface area contributed by atoms with E-state index in [0.29, 0.717) is 52.9 Å². The number of methoxy groups -OCH3 is 2. The van der Waals surface area contributed by atoms with Gasteiger partial charge in [0.05, 0.1) is 36.8 Å². The highest BCUT2D eigenvalue weighted by Gasteiger charge is 2.44. The number of halogens is 1. The summed E-state index contributed by atoms with van der Waals surface area (Å²) < 4.78 is 40.7. The number of nitrogens with one attached hydrogen (secondary N) is 1. The topological polar surface area (TPSA) is 115 Å². The number of allylic oxidation sites excluding steroid dienone is 1. The molecule has 0 saturated heterocycles. The first-order chi connectivity index (χ1) is 25.7. The number of hydrogen-bond donors (Lipinski definition) is 1. The molecule has 1 unspecified atom stereocenters. The highest BCUT2D eigenvalue weighted by atomic mass is 35.5. The number of ether oxygens (including phenoxy) is 3. The van der Waals surface area contributed by atoms with Crippen LogP contribution in [0.15, 0.2) is 77.4 Å². The molecular formula is C41H46ClN5O5S. The summed E-state index contributed by atoms with van der Waals surface area (Å²) in [6.45, 7) is 4.08. The number of aryl methyl sites for hydroxylation is 1. The van der Waals surface area contributed by atoms with Crippen molar-refractivity contribution in [3.05, 3.63) is 94.8 Å². The van der Waals surface area contributed by atoms with Crippen molar-refractivity contribution in [3.63, 3.8) is 0 Å². The number of carbonyl (C=O) groups is 1. The van der Waals surface area contributed by atoms with Crippen molar-refractivity contribution >= 4 is 49.8 Å². The average molecular weight is 756 g/mol. The van der Waals surface area contributed by atoms with Crippen molar-refractivity contribution in [2.75, 3.05) is 49.3 Å². The van der Waals surface area contributed by atoms with Crippen molar-refractivity contribution in [1.29, 1.82) is 0 Å². The lowest BCUT2D eigenvalue weighted by atomic mass is 9.68. The van der Waals surface area contributed by atoms with Crippen molar-refractivity contribution in [2.45, 2.75) is 57.0 Å². The summed E-state index contributed by atoms with van der Waals surface area (Å²) in [4.78, 5) is 25.5. The summed E-state index contributed by atoms with van der Waals surface area (Å²) in [5, 5.41) is 1.40. The van der Waals surface area contributed by atoms with Gasteiger partial charge in [-0.15, -0.1) is 4.36 Å². The van der Waals surface area contributed by atoms with Crippen LogP contribution >= 0.6 is 11.6 Å². The maximum atomic E-state index is 14.9. The lowest BCUT2D eigenvalue weighted by molar-refractivity contribution is 0.0131. The van der Waals surface area contributed by atoms with Crippen molar-refractivity contribution in [1.82, 2.24) is 9.97 Å². The monoisotopic (exact) mass is 755 g/mol. The van der Waals surface area contributed by atoms with Gasteiger partial charge in [-0.05, 0) is 110 Å². The van der Waals surface area contributed by atoms with Crippen LogP contribution in [-0.4, -0.2) is 65.9 Å². The fourth-order valence-electron chi connectivity index (χ4n) is 8.76. The van der Waals surface area contributed by atoms with Crippen LogP contribution in [0.5, 0.6) is 11.5 Å². The van der Waals surface area contributed by atoms with E-state index >= 15 is 0 Å². The van der Waals surface area contributed by atoms with E-state index in [1.165, 1.54) is 17.5 Å². The van der Waals surface area contributed by atoms with E-state index in [1.54, 1.807) is 32.4 Å². The Morgan fingerprint density at radius 1 is 1.08 bits per heavy atom. The second-order valence-corrected chi connectivity index (χ2v) is 17.6. The molecule has 12 heteroatoms. The first-order valence-corrected chi connectivity index (χ1v) is 20.6. The summed E-state index contributed by atoms with van der Waals surface area (Å²) in [6.07, 6.45) is 11.5. The second kappa shape index (κ2) is 14.6. The Labute approximate surface area is 316 Å². The van der Waals surface area contributed by atoms with Gasteiger partial charge in [-0.3, -0.25) is 9.52 Å². The van der Waals surface area contributed by atoms with Crippen LogP contribution in [0.1, 0.15) is 60.5 Å². The quantitative estimate of drug-likeness (QED) is 0.208. The van der Waals surface area contributed by atoms with E-state index in [1.807, 2.05) is 31.2 Å². The second-order valence-electron chi connectivity index (χ2n) is 15.2. The highest BCUT2D eigenvalue weighted by Crippen LogP contribution is 2.47. The SMILES string of the molecule is COc1ccc2c(NS3(=O)=NC(=O)c4ccc5c(c4)N(C[C@@H]4CC[C@H]4[C@@H](OC)/C=C/C[C@H](C)C3)C[C@@]3(CCCc4cc(Cl)ccc43)CO5)ncnc2c1. The number of nitrogens with zero attached hydrogens (tertiary/aromatic N) is 4. The Kier molecular flexibility index (Phi) is 9.84. The third-order valence-corrected chi connectivity index (χ3v) is 13.8. The first-order valence-electron chi connectivity index (χ1n) is 18.5. The van der Waals surface area contributed by atoms with Gasteiger partial charge in [0.25, 0.3) is 5.91 Å². The molecule has 4 aromatic rings. The van der Waals surface area contributed by atoms with E-state index in [-0.39, 0.29) is 23.2 Å². The van der Waals surface area contributed by atoms with E-state index in [0.717, 1.165) is 61.7 Å². The summed E-state index contributed by atoms with van der Waals surface area (Å²) in [6, 6.07) is 17.2. The molecule has 1 saturated carbocycles. The molecule has 0 radical (unpaired) electrons. The number of rotatable bonds is 4. The molecule has 1 spiro atoms. The van der Waals surface area contributed by atoms with Crippen LogP contribution in [0, 0.1) is 17.8 Å². The molecule has 2 bridgehead atoms. The molecule has 2 aliphatic heterocycles. The molecule has 3 heterocycles. The van der Waals surface area contributed by atoms with Crippen LogP contribution in [-0.2, 0) is 26.5 Å². The summed E-state index contributed by atoms with van der Waals surface area (Å²) in [5.74, 6) is 1.97. The molecule has 53 heavy (non-hydrogen) atoms. The number of carbonyl (C=O) groups excluding carboxylic acids is 1. The summed E-state index contributed by atoms with van der Waals surface area (Å²) in [7, 11) is 0.00828. The minimum absolute atomic E-state index is 0.0347. The van der Waals surface area contributed by atoms with Gasteiger partial charge in [-0.25, -0.2) is 14.2 Å². The normalized spacial score (nSPS) is 29.1. The van der Waals surface area contributed by atoms with Crippen LogP contribution in [0.3, 0.4) is 0 Å². The van der Waals surface area contributed by atoms with Crippen LogP contribution < -0.4 is 19.1 Å². The van der Waals surface area contributed by atoms with Crippen molar-refractivity contribution in [3.8, 4) is 11.5 Å². The Bertz CT molecular complexity index is 2200. The molecule has 1 fully saturated rings. The lowest BCUT2D eigenvalue weighted by Crippen LogP contribution is -2.49. The Morgan fingerprint density at radius 2 is 1.96 bits per heavy atom. The zero-order valence-electron chi connectivity index (χ0n) is 30.4. The number of anilines is 2. The highest BCUT2D eigenvalue weighted by molar-refractivity contribution is 7.95. The Hall–Kier alpha value is -4.19. The van der Waals surface area contributed by atoms with Crippen LogP contribution in [0.25, 0.3) is 10.9 Å². The summed E-state index contributed by atoms with van der Waals surface area (Å²) in [5.41, 5.74) is 4.15. The molecule has 4 aliphatic rings. The minimum atomic E-state index is -3.37. The number of benzene rings is 3. The van der Waals surface area contributed by atoms with Gasteiger partial charge < -0.3 is 19.1 Å². The summed E-state index contributed by atoms with van der Waals surface area (Å²) >= 11 is 6.48. The molecule has 3 aromatic carbocycles. The molecule has 1 aromatic heterocycles. The minimum Gasteiger partial charge on any atom is -0.497 e. The van der Waals surface area contributed by atoms with Gasteiger partial charge in [0.2, 0.25) is 0 Å². The Morgan fingerprint density at radius 3 is 2.77 bits per heavy atom. The van der Waals surface area contributed by atoms with Gasteiger partial charge >= 0.3 is 0 Å². The van der Waals surface area contributed by atoms with Gasteiger partial charge in [0, 0.05) is 47.7 Å². The zero-order chi connectivity index (χ0) is 36.7. The van der Waals surface area contributed by atoms with Crippen molar-refractivity contribution < 1.29 is 23.2 Å². The first kappa shape index (κ1) is 35.8. The average Bonchev–Trinajstić information content (AvgIpc) is 3.28. The van der Waals surface area contributed by atoms with Crippen LogP contribution in [0.4, 0.5) is 11.5 Å². The molecule has 10 nitrogen and oxygen atoms in total. The smallest absolute Gasteiger partial charge is 0.286 e. The lowest BCUT2D eigenvalue weighted by Gasteiger charge is -2.46. The number of hydrogen-bond acceptors (Lipinski definition) is 8. The molecule has 278 valence electrons. The van der Waals surface area contributed by atoms with Gasteiger partial charge in [-0.1, -0.05) is 36.7 Å². The van der Waals surface area contributed by atoms with Crippen LogP contribution in [0.2, 0.25) is 5.02 Å². The van der Waals surface area contributed by atoms with E-state index in [9.17, 15) is 9.00 Å². The molecule has 1 amide bonds.